The van der Waals surface area contributed by atoms with E-state index in [1.807, 2.05) is 4.90 Å². The van der Waals surface area contributed by atoms with Crippen molar-refractivity contribution in [2.24, 2.45) is 11.8 Å². The van der Waals surface area contributed by atoms with Gasteiger partial charge in [0.1, 0.15) is 0 Å². The number of anilines is 1. The molecule has 2 aliphatic heterocycles. The largest absolute Gasteiger partial charge is 0.371 e. The molecule has 2 heterocycles. The van der Waals surface area contributed by atoms with Crippen LogP contribution in [0.3, 0.4) is 0 Å². The van der Waals surface area contributed by atoms with Crippen molar-refractivity contribution < 1.29 is 9.72 Å². The molecule has 1 amide bonds. The fraction of sp³-hybridized carbons (Fsp3) is 0.632. The Bertz CT molecular complexity index is 645. The number of piperidine rings is 2. The van der Waals surface area contributed by atoms with E-state index in [1.165, 1.54) is 12.1 Å². The number of amides is 1. The molecule has 1 aromatic carbocycles. The van der Waals surface area contributed by atoms with Crippen LogP contribution in [0.4, 0.5) is 11.4 Å². The highest BCUT2D eigenvalue weighted by Crippen LogP contribution is 2.31. The fourth-order valence-electron chi connectivity index (χ4n) is 3.72. The third-order valence-corrected chi connectivity index (χ3v) is 5.62. The zero-order valence-electron chi connectivity index (χ0n) is 15.1. The summed E-state index contributed by atoms with van der Waals surface area (Å²) in [6.45, 7) is 7.72. The van der Waals surface area contributed by atoms with Crippen molar-refractivity contribution in [3.63, 3.8) is 0 Å². The molecule has 0 bridgehead atoms. The lowest BCUT2D eigenvalue weighted by molar-refractivity contribution is -0.384. The van der Waals surface area contributed by atoms with Crippen LogP contribution in [0, 0.1) is 22.0 Å². The Morgan fingerprint density at radius 3 is 2.16 bits per heavy atom. The number of likely N-dealkylation sites (tertiary alicyclic amines) is 1. The summed E-state index contributed by atoms with van der Waals surface area (Å²) in [6, 6.07) is 4.74. The second kappa shape index (κ2) is 7.42. The minimum Gasteiger partial charge on any atom is -0.371 e. The normalized spacial score (nSPS) is 19.9. The predicted octanol–water partition coefficient (Wildman–Crippen LogP) is 3.70. The number of nitrogens with zero attached hydrogens (tertiary/aromatic N) is 3. The van der Waals surface area contributed by atoms with Gasteiger partial charge in [0.2, 0.25) is 0 Å². The van der Waals surface area contributed by atoms with Crippen molar-refractivity contribution in [2.45, 2.75) is 39.5 Å². The summed E-state index contributed by atoms with van der Waals surface area (Å²) in [5.74, 6) is 1.26. The topological polar surface area (TPSA) is 66.7 Å². The molecule has 25 heavy (non-hydrogen) atoms. The van der Waals surface area contributed by atoms with Crippen LogP contribution in [0.5, 0.6) is 0 Å². The molecule has 2 fully saturated rings. The number of hydrogen-bond acceptors (Lipinski definition) is 4. The third-order valence-electron chi connectivity index (χ3n) is 5.62. The van der Waals surface area contributed by atoms with Gasteiger partial charge >= 0.3 is 0 Å². The molecular formula is C19H27N3O3. The van der Waals surface area contributed by atoms with E-state index in [1.54, 1.807) is 6.07 Å². The van der Waals surface area contributed by atoms with Gasteiger partial charge in [0.05, 0.1) is 16.2 Å². The van der Waals surface area contributed by atoms with Crippen LogP contribution in [0.2, 0.25) is 0 Å². The number of rotatable bonds is 3. The van der Waals surface area contributed by atoms with E-state index in [4.69, 9.17) is 0 Å². The van der Waals surface area contributed by atoms with Gasteiger partial charge in [-0.1, -0.05) is 13.8 Å². The maximum Gasteiger partial charge on any atom is 0.270 e. The van der Waals surface area contributed by atoms with Crippen LogP contribution in [0.1, 0.15) is 49.9 Å². The second-order valence-electron chi connectivity index (χ2n) is 7.60. The smallest absolute Gasteiger partial charge is 0.270 e. The molecule has 0 aromatic heterocycles. The van der Waals surface area contributed by atoms with Crippen molar-refractivity contribution in [3.05, 3.63) is 33.9 Å². The van der Waals surface area contributed by atoms with E-state index < -0.39 is 4.92 Å². The summed E-state index contributed by atoms with van der Waals surface area (Å²) in [5.41, 5.74) is 1.32. The summed E-state index contributed by atoms with van der Waals surface area (Å²) >= 11 is 0. The minimum absolute atomic E-state index is 0.0112. The lowest BCUT2D eigenvalue weighted by Crippen LogP contribution is -2.39. The Morgan fingerprint density at radius 1 is 1.04 bits per heavy atom. The summed E-state index contributed by atoms with van der Waals surface area (Å²) in [4.78, 5) is 27.9. The summed E-state index contributed by atoms with van der Waals surface area (Å²) in [7, 11) is 0. The lowest BCUT2D eigenvalue weighted by Gasteiger charge is -2.35. The molecule has 0 saturated carbocycles. The molecule has 2 aliphatic rings. The Balaban J connectivity index is 1.89. The highest BCUT2D eigenvalue weighted by atomic mass is 16.6. The number of nitro benzene ring substituents is 1. The average molecular weight is 345 g/mol. The fourth-order valence-corrected chi connectivity index (χ4v) is 3.72. The van der Waals surface area contributed by atoms with E-state index in [0.717, 1.165) is 57.5 Å². The van der Waals surface area contributed by atoms with Crippen LogP contribution < -0.4 is 4.90 Å². The molecule has 0 atom stereocenters. The van der Waals surface area contributed by atoms with Gasteiger partial charge in [-0.15, -0.1) is 0 Å². The van der Waals surface area contributed by atoms with Crippen molar-refractivity contribution in [1.82, 2.24) is 4.90 Å². The molecule has 6 nitrogen and oxygen atoms in total. The van der Waals surface area contributed by atoms with E-state index in [0.29, 0.717) is 17.4 Å². The maximum atomic E-state index is 13.1. The Labute approximate surface area is 148 Å². The van der Waals surface area contributed by atoms with Gasteiger partial charge in [-0.25, -0.2) is 0 Å². The molecule has 0 radical (unpaired) electrons. The number of carbonyl (C=O) groups is 1. The van der Waals surface area contributed by atoms with E-state index >= 15 is 0 Å². The molecule has 0 unspecified atom stereocenters. The number of non-ortho nitro benzene ring substituents is 1. The first kappa shape index (κ1) is 17.7. The van der Waals surface area contributed by atoms with E-state index in [9.17, 15) is 14.9 Å². The quantitative estimate of drug-likeness (QED) is 0.619. The SMILES string of the molecule is CC1CCN(C(=O)c2cc([N+](=O)[O-])ccc2N2CCC(C)CC2)CC1. The minimum atomic E-state index is -0.420. The molecule has 3 rings (SSSR count). The van der Waals surface area contributed by atoms with Crippen LogP contribution in [-0.4, -0.2) is 41.9 Å². The maximum absolute atomic E-state index is 13.1. The third kappa shape index (κ3) is 3.94. The summed E-state index contributed by atoms with van der Waals surface area (Å²) in [5, 5.41) is 11.2. The Kier molecular flexibility index (Phi) is 5.25. The Hall–Kier alpha value is -2.11. The first-order chi connectivity index (χ1) is 12.0. The van der Waals surface area contributed by atoms with Crippen LogP contribution in [0.15, 0.2) is 18.2 Å². The van der Waals surface area contributed by atoms with Gasteiger partial charge in [-0.2, -0.15) is 0 Å². The average Bonchev–Trinajstić information content (AvgIpc) is 2.62. The van der Waals surface area contributed by atoms with Gasteiger partial charge in [0.25, 0.3) is 11.6 Å². The first-order valence-corrected chi connectivity index (χ1v) is 9.28. The molecule has 0 N–H and O–H groups in total. The number of carbonyl (C=O) groups excluding carboxylic acids is 1. The zero-order chi connectivity index (χ0) is 18.0. The molecule has 0 spiro atoms. The summed E-state index contributed by atoms with van der Waals surface area (Å²) < 4.78 is 0. The van der Waals surface area contributed by atoms with Gasteiger partial charge < -0.3 is 9.80 Å². The van der Waals surface area contributed by atoms with E-state index in [2.05, 4.69) is 18.7 Å². The van der Waals surface area contributed by atoms with Gasteiger partial charge in [-0.05, 0) is 43.6 Å². The van der Waals surface area contributed by atoms with Gasteiger partial charge in [0.15, 0.2) is 0 Å². The standard InChI is InChI=1S/C19H27N3O3/c1-14-5-9-20(10-6-14)18-4-3-16(22(24)25)13-17(18)19(23)21-11-7-15(2)8-12-21/h3-4,13-15H,5-12H2,1-2H3. The molecule has 6 heteroatoms. The monoisotopic (exact) mass is 345 g/mol. The van der Waals surface area contributed by atoms with Crippen molar-refractivity contribution in [2.75, 3.05) is 31.1 Å². The van der Waals surface area contributed by atoms with Crippen molar-refractivity contribution in [3.8, 4) is 0 Å². The van der Waals surface area contributed by atoms with Gasteiger partial charge in [-0.3, -0.25) is 14.9 Å². The molecule has 2 saturated heterocycles. The highest BCUT2D eigenvalue weighted by Gasteiger charge is 2.28. The van der Waals surface area contributed by atoms with Crippen LogP contribution in [0.25, 0.3) is 0 Å². The second-order valence-corrected chi connectivity index (χ2v) is 7.60. The molecular weight excluding hydrogens is 318 g/mol. The number of benzene rings is 1. The van der Waals surface area contributed by atoms with E-state index in [-0.39, 0.29) is 11.6 Å². The molecule has 0 aliphatic carbocycles. The van der Waals surface area contributed by atoms with Gasteiger partial charge in [0, 0.05) is 38.3 Å². The predicted molar refractivity (Wildman–Crippen MR) is 98.0 cm³/mol. The highest BCUT2D eigenvalue weighted by molar-refractivity contribution is 6.00. The van der Waals surface area contributed by atoms with Crippen LogP contribution in [-0.2, 0) is 0 Å². The number of nitro groups is 1. The summed E-state index contributed by atoms with van der Waals surface area (Å²) in [6.07, 6.45) is 4.17. The van der Waals surface area contributed by atoms with Crippen molar-refractivity contribution >= 4 is 17.3 Å². The number of hydrogen-bond donors (Lipinski definition) is 0. The lowest BCUT2D eigenvalue weighted by atomic mass is 9.96. The van der Waals surface area contributed by atoms with Crippen LogP contribution >= 0.6 is 0 Å². The molecule has 136 valence electrons. The van der Waals surface area contributed by atoms with Crippen molar-refractivity contribution in [1.29, 1.82) is 0 Å². The Morgan fingerprint density at radius 2 is 1.60 bits per heavy atom. The zero-order valence-corrected chi connectivity index (χ0v) is 15.1. The molecule has 1 aromatic rings. The first-order valence-electron chi connectivity index (χ1n) is 9.28.